The highest BCUT2D eigenvalue weighted by Crippen LogP contribution is 2.21. The lowest BCUT2D eigenvalue weighted by Gasteiger charge is -2.25. The number of piperazine rings is 1. The van der Waals surface area contributed by atoms with Crippen molar-refractivity contribution in [2.24, 2.45) is 0 Å². The summed E-state index contributed by atoms with van der Waals surface area (Å²) in [5.74, 6) is 1.31. The van der Waals surface area contributed by atoms with Crippen molar-refractivity contribution in [2.45, 2.75) is 6.54 Å². The summed E-state index contributed by atoms with van der Waals surface area (Å²) in [7, 11) is 0. The summed E-state index contributed by atoms with van der Waals surface area (Å²) in [6.45, 7) is 4.87. The first-order valence-electron chi connectivity index (χ1n) is 5.56. The van der Waals surface area contributed by atoms with E-state index in [-0.39, 0.29) is 0 Å². The van der Waals surface area contributed by atoms with Crippen LogP contribution in [0.5, 0.6) is 0 Å². The van der Waals surface area contributed by atoms with Crippen LogP contribution in [-0.2, 0) is 6.54 Å². The molecule has 7 heteroatoms. The van der Waals surface area contributed by atoms with Crippen molar-refractivity contribution in [1.82, 2.24) is 25.3 Å². The number of rotatable bonds is 3. The summed E-state index contributed by atoms with van der Waals surface area (Å²) in [5.41, 5.74) is 1.76. The standard InChI is InChI=1S/C10H13N5OS/c1-3-15(4-2-11-1)6-9-13-10(16-14-9)8-5-12-7-17-8/h5,7,11H,1-4,6H2. The first-order chi connectivity index (χ1) is 8.42. The highest BCUT2D eigenvalue weighted by Gasteiger charge is 2.15. The Morgan fingerprint density at radius 1 is 1.41 bits per heavy atom. The molecule has 1 aliphatic heterocycles. The van der Waals surface area contributed by atoms with Gasteiger partial charge in [-0.3, -0.25) is 9.88 Å². The van der Waals surface area contributed by atoms with Crippen LogP contribution in [0, 0.1) is 0 Å². The van der Waals surface area contributed by atoms with Crippen molar-refractivity contribution < 1.29 is 4.52 Å². The van der Waals surface area contributed by atoms with Gasteiger partial charge in [-0.15, -0.1) is 11.3 Å². The van der Waals surface area contributed by atoms with Gasteiger partial charge in [0.1, 0.15) is 4.88 Å². The molecular formula is C10H13N5OS. The van der Waals surface area contributed by atoms with E-state index >= 15 is 0 Å². The van der Waals surface area contributed by atoms with Gasteiger partial charge in [0, 0.05) is 26.2 Å². The molecule has 0 unspecified atom stereocenters. The highest BCUT2D eigenvalue weighted by atomic mass is 32.1. The Morgan fingerprint density at radius 2 is 2.29 bits per heavy atom. The second-order valence-electron chi connectivity index (χ2n) is 3.91. The van der Waals surface area contributed by atoms with Gasteiger partial charge in [-0.1, -0.05) is 5.16 Å². The Kier molecular flexibility index (Phi) is 3.12. The average Bonchev–Trinajstić information content (AvgIpc) is 3.00. The minimum atomic E-state index is 0.567. The summed E-state index contributed by atoms with van der Waals surface area (Å²) in [5, 5.41) is 7.31. The largest absolute Gasteiger partial charge is 0.333 e. The topological polar surface area (TPSA) is 67.1 Å². The molecule has 0 atom stereocenters. The molecule has 1 saturated heterocycles. The zero-order valence-electron chi connectivity index (χ0n) is 9.30. The Balaban J connectivity index is 1.68. The van der Waals surface area contributed by atoms with Gasteiger partial charge in [-0.25, -0.2) is 0 Å². The predicted octanol–water partition coefficient (Wildman–Crippen LogP) is 0.598. The fourth-order valence-electron chi connectivity index (χ4n) is 1.81. The Labute approximate surface area is 103 Å². The van der Waals surface area contributed by atoms with Gasteiger partial charge >= 0.3 is 0 Å². The van der Waals surface area contributed by atoms with Crippen LogP contribution in [0.15, 0.2) is 16.2 Å². The summed E-state index contributed by atoms with van der Waals surface area (Å²) in [6.07, 6.45) is 1.74. The number of aromatic nitrogens is 3. The number of thiazole rings is 1. The van der Waals surface area contributed by atoms with Crippen molar-refractivity contribution >= 4 is 11.3 Å². The van der Waals surface area contributed by atoms with Crippen LogP contribution in [0.3, 0.4) is 0 Å². The summed E-state index contributed by atoms with van der Waals surface area (Å²) in [6, 6.07) is 0. The lowest BCUT2D eigenvalue weighted by molar-refractivity contribution is 0.225. The second-order valence-corrected chi connectivity index (χ2v) is 4.79. The van der Waals surface area contributed by atoms with Gasteiger partial charge in [-0.2, -0.15) is 4.98 Å². The van der Waals surface area contributed by atoms with E-state index in [1.165, 1.54) is 11.3 Å². The number of nitrogens with one attached hydrogen (secondary N) is 1. The molecule has 0 spiro atoms. The molecule has 90 valence electrons. The number of hydrogen-bond acceptors (Lipinski definition) is 7. The van der Waals surface area contributed by atoms with E-state index in [1.807, 2.05) is 0 Å². The first kappa shape index (κ1) is 10.8. The monoisotopic (exact) mass is 251 g/mol. The Hall–Kier alpha value is -1.31. The highest BCUT2D eigenvalue weighted by molar-refractivity contribution is 7.13. The zero-order chi connectivity index (χ0) is 11.5. The minimum absolute atomic E-state index is 0.567. The van der Waals surface area contributed by atoms with Crippen molar-refractivity contribution in [2.75, 3.05) is 26.2 Å². The first-order valence-corrected chi connectivity index (χ1v) is 6.44. The van der Waals surface area contributed by atoms with E-state index in [4.69, 9.17) is 4.52 Å². The normalized spacial score (nSPS) is 17.4. The third-order valence-electron chi connectivity index (χ3n) is 2.69. The Morgan fingerprint density at radius 3 is 3.06 bits per heavy atom. The van der Waals surface area contributed by atoms with E-state index in [0.717, 1.165) is 43.4 Å². The SMILES string of the molecule is c1ncc(-c2nc(CN3CCNCC3)no2)s1. The second kappa shape index (κ2) is 4.91. The van der Waals surface area contributed by atoms with Crippen LogP contribution in [0.1, 0.15) is 5.82 Å². The van der Waals surface area contributed by atoms with Crippen LogP contribution in [0.2, 0.25) is 0 Å². The third kappa shape index (κ3) is 2.51. The van der Waals surface area contributed by atoms with Gasteiger partial charge in [-0.05, 0) is 0 Å². The number of nitrogens with zero attached hydrogens (tertiary/aromatic N) is 4. The minimum Gasteiger partial charge on any atom is -0.333 e. The lowest BCUT2D eigenvalue weighted by Crippen LogP contribution is -2.43. The molecular weight excluding hydrogens is 238 g/mol. The molecule has 0 aromatic carbocycles. The molecule has 1 N–H and O–H groups in total. The van der Waals surface area contributed by atoms with Crippen molar-refractivity contribution in [3.8, 4) is 10.8 Å². The van der Waals surface area contributed by atoms with Gasteiger partial charge in [0.05, 0.1) is 18.3 Å². The molecule has 3 heterocycles. The molecule has 0 saturated carbocycles. The van der Waals surface area contributed by atoms with Crippen LogP contribution in [-0.4, -0.2) is 46.2 Å². The molecule has 3 rings (SSSR count). The maximum atomic E-state index is 5.22. The maximum absolute atomic E-state index is 5.22. The van der Waals surface area contributed by atoms with Crippen molar-refractivity contribution in [3.63, 3.8) is 0 Å². The summed E-state index contributed by atoms with van der Waals surface area (Å²) in [4.78, 5) is 11.6. The summed E-state index contributed by atoms with van der Waals surface area (Å²) >= 11 is 1.50. The quantitative estimate of drug-likeness (QED) is 0.861. The number of hydrogen-bond donors (Lipinski definition) is 1. The van der Waals surface area contributed by atoms with E-state index < -0.39 is 0 Å². The molecule has 1 aliphatic rings. The van der Waals surface area contributed by atoms with Crippen LogP contribution >= 0.6 is 11.3 Å². The van der Waals surface area contributed by atoms with Gasteiger partial charge < -0.3 is 9.84 Å². The fraction of sp³-hybridized carbons (Fsp3) is 0.500. The average molecular weight is 251 g/mol. The van der Waals surface area contributed by atoms with E-state index in [1.54, 1.807) is 11.7 Å². The molecule has 0 amide bonds. The predicted molar refractivity (Wildman–Crippen MR) is 63.6 cm³/mol. The molecule has 0 bridgehead atoms. The van der Waals surface area contributed by atoms with Crippen molar-refractivity contribution in [1.29, 1.82) is 0 Å². The lowest BCUT2D eigenvalue weighted by atomic mass is 10.3. The van der Waals surface area contributed by atoms with Crippen LogP contribution < -0.4 is 5.32 Å². The molecule has 0 aliphatic carbocycles. The van der Waals surface area contributed by atoms with Crippen LogP contribution in [0.4, 0.5) is 0 Å². The van der Waals surface area contributed by atoms with E-state index in [9.17, 15) is 0 Å². The molecule has 1 fully saturated rings. The Bertz CT molecular complexity index is 463. The fourth-order valence-corrected chi connectivity index (χ4v) is 2.35. The van der Waals surface area contributed by atoms with Crippen molar-refractivity contribution in [3.05, 3.63) is 17.5 Å². The molecule has 2 aromatic rings. The van der Waals surface area contributed by atoms with E-state index in [2.05, 4.69) is 25.3 Å². The van der Waals surface area contributed by atoms with Gasteiger partial charge in [0.25, 0.3) is 5.89 Å². The third-order valence-corrected chi connectivity index (χ3v) is 3.45. The van der Waals surface area contributed by atoms with Gasteiger partial charge in [0.15, 0.2) is 5.82 Å². The van der Waals surface area contributed by atoms with Crippen LogP contribution in [0.25, 0.3) is 10.8 Å². The summed E-state index contributed by atoms with van der Waals surface area (Å²) < 4.78 is 5.22. The molecule has 17 heavy (non-hydrogen) atoms. The van der Waals surface area contributed by atoms with E-state index in [0.29, 0.717) is 5.89 Å². The molecule has 2 aromatic heterocycles. The molecule has 0 radical (unpaired) electrons. The zero-order valence-corrected chi connectivity index (χ0v) is 10.1. The van der Waals surface area contributed by atoms with Gasteiger partial charge in [0.2, 0.25) is 0 Å². The molecule has 6 nitrogen and oxygen atoms in total. The maximum Gasteiger partial charge on any atom is 0.269 e. The smallest absolute Gasteiger partial charge is 0.269 e.